The number of piperidine rings is 1. The third kappa shape index (κ3) is 6.11. The Balaban J connectivity index is 1.26. The molecule has 1 saturated heterocycles. The number of methoxy groups -OCH3 is 2. The van der Waals surface area contributed by atoms with Crippen LogP contribution >= 0.6 is 0 Å². The minimum absolute atomic E-state index is 0.232. The van der Waals surface area contributed by atoms with E-state index in [1.54, 1.807) is 37.1 Å². The Morgan fingerprint density at radius 3 is 2.64 bits per heavy atom. The van der Waals surface area contributed by atoms with E-state index in [0.717, 1.165) is 24.9 Å². The van der Waals surface area contributed by atoms with Crippen molar-refractivity contribution in [1.29, 1.82) is 0 Å². The maximum absolute atomic E-state index is 12.9. The van der Waals surface area contributed by atoms with Gasteiger partial charge in [-0.05, 0) is 57.1 Å². The van der Waals surface area contributed by atoms with Crippen LogP contribution < -0.4 is 24.8 Å². The zero-order chi connectivity index (χ0) is 30.6. The van der Waals surface area contributed by atoms with E-state index in [2.05, 4.69) is 42.6 Å². The molecule has 1 unspecified atom stereocenters. The first-order valence-corrected chi connectivity index (χ1v) is 14.4. The maximum Gasteiger partial charge on any atom is 0.248 e. The molecule has 1 aliphatic rings. The summed E-state index contributed by atoms with van der Waals surface area (Å²) in [5.74, 6) is 2.62. The number of nitrogens with one attached hydrogen (secondary N) is 2. The van der Waals surface area contributed by atoms with Gasteiger partial charge in [-0.2, -0.15) is 5.10 Å². The Hall–Kier alpha value is -5.23. The third-order valence-electron chi connectivity index (χ3n) is 7.74. The van der Waals surface area contributed by atoms with Crippen molar-refractivity contribution in [2.75, 3.05) is 38.4 Å². The van der Waals surface area contributed by atoms with Crippen LogP contribution in [0.25, 0.3) is 16.6 Å². The highest BCUT2D eigenvalue weighted by Gasteiger charge is 2.18. The van der Waals surface area contributed by atoms with E-state index in [0.29, 0.717) is 56.7 Å². The molecule has 0 spiro atoms. The number of benzene rings is 2. The summed E-state index contributed by atoms with van der Waals surface area (Å²) in [4.78, 5) is 28.3. The summed E-state index contributed by atoms with van der Waals surface area (Å²) in [6.45, 7) is 2.98. The van der Waals surface area contributed by atoms with Crippen LogP contribution in [0.3, 0.4) is 0 Å². The number of likely N-dealkylation sites (tertiary alicyclic amines) is 1. The van der Waals surface area contributed by atoms with E-state index in [9.17, 15) is 4.79 Å². The Labute approximate surface area is 254 Å². The molecule has 12 nitrogen and oxygen atoms in total. The molecule has 44 heavy (non-hydrogen) atoms. The van der Waals surface area contributed by atoms with Crippen LogP contribution in [0.2, 0.25) is 0 Å². The first-order chi connectivity index (χ1) is 21.4. The number of aryl methyl sites for hydroxylation is 1. The van der Waals surface area contributed by atoms with Crippen LogP contribution in [0.15, 0.2) is 67.4 Å². The van der Waals surface area contributed by atoms with E-state index in [1.165, 1.54) is 19.1 Å². The van der Waals surface area contributed by atoms with Gasteiger partial charge in [-0.1, -0.05) is 12.5 Å². The number of hydrogen-bond donors (Lipinski definition) is 2. The Kier molecular flexibility index (Phi) is 8.24. The fraction of sp³-hybridized carbons (Fsp3) is 0.281. The predicted molar refractivity (Wildman–Crippen MR) is 168 cm³/mol. The summed E-state index contributed by atoms with van der Waals surface area (Å²) in [7, 11) is 5.24. The lowest BCUT2D eigenvalue weighted by Crippen LogP contribution is -2.34. The topological polar surface area (TPSA) is 128 Å². The van der Waals surface area contributed by atoms with Gasteiger partial charge in [0.1, 0.15) is 41.5 Å². The minimum atomic E-state index is -0.232. The Morgan fingerprint density at radius 2 is 1.82 bits per heavy atom. The number of ether oxygens (including phenoxy) is 3. The van der Waals surface area contributed by atoms with Crippen molar-refractivity contribution >= 4 is 39.6 Å². The molecule has 2 N–H and O–H groups in total. The monoisotopic (exact) mass is 594 g/mol. The van der Waals surface area contributed by atoms with Crippen LogP contribution in [-0.4, -0.2) is 69.2 Å². The van der Waals surface area contributed by atoms with Gasteiger partial charge in [-0.3, -0.25) is 9.69 Å². The number of aromatic nitrogens is 5. The van der Waals surface area contributed by atoms with E-state index in [-0.39, 0.29) is 11.9 Å². The summed E-state index contributed by atoms with van der Waals surface area (Å²) in [6.07, 6.45) is 11.7. The van der Waals surface area contributed by atoms with Crippen molar-refractivity contribution < 1.29 is 19.0 Å². The van der Waals surface area contributed by atoms with Crippen LogP contribution in [0.5, 0.6) is 23.0 Å². The molecular formula is C32H34N8O4. The standard InChI is InChI=1S/C32H34N8O4/c1-20-13-25(29(43-4)17-27(20)44-22-10-12-40-30(14-22)34-19-36-40)38-32-23-15-26(28(42-3)16-24(23)33-18-35-32)37-31(41)9-8-21-7-5-6-11-39(21)2/h8-10,12-19,21H,5-7,11H2,1-4H3,(H,37,41)(H,33,35,38)/b9-8+. The van der Waals surface area contributed by atoms with Crippen LogP contribution in [0.4, 0.5) is 17.2 Å². The van der Waals surface area contributed by atoms with Gasteiger partial charge in [0.25, 0.3) is 0 Å². The van der Waals surface area contributed by atoms with Gasteiger partial charge in [0.15, 0.2) is 5.65 Å². The summed E-state index contributed by atoms with van der Waals surface area (Å²) >= 11 is 0. The minimum Gasteiger partial charge on any atom is -0.494 e. The Bertz CT molecular complexity index is 1850. The molecule has 226 valence electrons. The van der Waals surface area contributed by atoms with E-state index in [1.807, 2.05) is 43.3 Å². The SMILES string of the molecule is COc1cc2ncnc(Nc3cc(C)c(Oc4ccn5ncnc5c4)cc3OC)c2cc1NC(=O)/C=C/C1CCCCN1C. The van der Waals surface area contributed by atoms with Gasteiger partial charge in [0.2, 0.25) is 5.91 Å². The summed E-state index contributed by atoms with van der Waals surface area (Å²) in [6, 6.07) is 11.2. The first kappa shape index (κ1) is 28.9. The van der Waals surface area contributed by atoms with Crippen LogP contribution in [0, 0.1) is 6.92 Å². The van der Waals surface area contributed by atoms with Crippen molar-refractivity contribution in [3.8, 4) is 23.0 Å². The number of hydrogen-bond acceptors (Lipinski definition) is 10. The molecule has 1 amide bonds. The number of pyridine rings is 1. The highest BCUT2D eigenvalue weighted by molar-refractivity contribution is 6.03. The molecule has 2 aromatic carbocycles. The first-order valence-electron chi connectivity index (χ1n) is 14.4. The van der Waals surface area contributed by atoms with E-state index >= 15 is 0 Å². The van der Waals surface area contributed by atoms with Gasteiger partial charge >= 0.3 is 0 Å². The molecule has 0 saturated carbocycles. The second kappa shape index (κ2) is 12.6. The molecule has 6 rings (SSSR count). The lowest BCUT2D eigenvalue weighted by molar-refractivity contribution is -0.112. The van der Waals surface area contributed by atoms with E-state index in [4.69, 9.17) is 14.2 Å². The molecule has 0 bridgehead atoms. The summed E-state index contributed by atoms with van der Waals surface area (Å²) < 4.78 is 19.1. The lowest BCUT2D eigenvalue weighted by Gasteiger charge is -2.30. The molecule has 1 aliphatic heterocycles. The van der Waals surface area contributed by atoms with Gasteiger partial charge < -0.3 is 24.8 Å². The zero-order valence-electron chi connectivity index (χ0n) is 25.1. The fourth-order valence-corrected chi connectivity index (χ4v) is 5.33. The highest BCUT2D eigenvalue weighted by Crippen LogP contribution is 2.38. The summed E-state index contributed by atoms with van der Waals surface area (Å²) in [5, 5.41) is 11.2. The summed E-state index contributed by atoms with van der Waals surface area (Å²) in [5.41, 5.74) is 3.41. The molecule has 1 fully saturated rings. The number of likely N-dealkylation sites (N-methyl/N-ethyl adjacent to an activating group) is 1. The molecule has 4 heterocycles. The quantitative estimate of drug-likeness (QED) is 0.211. The number of carbonyl (C=O) groups is 1. The smallest absolute Gasteiger partial charge is 0.248 e. The number of fused-ring (bicyclic) bond motifs is 2. The molecule has 0 aliphatic carbocycles. The largest absolute Gasteiger partial charge is 0.494 e. The number of anilines is 3. The number of carbonyl (C=O) groups excluding carboxylic acids is 1. The molecule has 1 atom stereocenters. The average Bonchev–Trinajstić information content (AvgIpc) is 3.50. The Morgan fingerprint density at radius 1 is 0.977 bits per heavy atom. The molecule has 5 aromatic rings. The molecule has 0 radical (unpaired) electrons. The molecule has 12 heteroatoms. The zero-order valence-corrected chi connectivity index (χ0v) is 25.1. The lowest BCUT2D eigenvalue weighted by atomic mass is 10.0. The second-order valence-electron chi connectivity index (χ2n) is 10.7. The highest BCUT2D eigenvalue weighted by atomic mass is 16.5. The van der Waals surface area contributed by atoms with Gasteiger partial charge in [0.05, 0.1) is 31.1 Å². The van der Waals surface area contributed by atoms with Crippen LogP contribution in [-0.2, 0) is 4.79 Å². The average molecular weight is 595 g/mol. The van der Waals surface area contributed by atoms with Crippen molar-refractivity contribution in [3.63, 3.8) is 0 Å². The van der Waals surface area contributed by atoms with Gasteiger partial charge in [-0.15, -0.1) is 0 Å². The fourth-order valence-electron chi connectivity index (χ4n) is 5.33. The van der Waals surface area contributed by atoms with Crippen molar-refractivity contribution in [2.45, 2.75) is 32.2 Å². The van der Waals surface area contributed by atoms with Crippen molar-refractivity contribution in [3.05, 3.63) is 73.0 Å². The number of rotatable bonds is 9. The van der Waals surface area contributed by atoms with Crippen molar-refractivity contribution in [2.24, 2.45) is 0 Å². The van der Waals surface area contributed by atoms with Crippen LogP contribution in [0.1, 0.15) is 24.8 Å². The third-order valence-corrected chi connectivity index (χ3v) is 7.74. The molecular weight excluding hydrogens is 560 g/mol. The number of amides is 1. The molecule has 3 aromatic heterocycles. The van der Waals surface area contributed by atoms with Gasteiger partial charge in [-0.25, -0.2) is 19.5 Å². The maximum atomic E-state index is 12.9. The normalized spacial score (nSPS) is 15.5. The van der Waals surface area contributed by atoms with Crippen molar-refractivity contribution in [1.82, 2.24) is 29.5 Å². The van der Waals surface area contributed by atoms with Gasteiger partial charge in [0, 0.05) is 41.9 Å². The second-order valence-corrected chi connectivity index (χ2v) is 10.7. The van der Waals surface area contributed by atoms with E-state index < -0.39 is 0 Å². The number of nitrogens with zero attached hydrogens (tertiary/aromatic N) is 6. The predicted octanol–water partition coefficient (Wildman–Crippen LogP) is 5.51.